The second-order valence-electron chi connectivity index (χ2n) is 4.85. The molecular weight excluding hydrogens is 156 g/mol. The zero-order valence-electron chi connectivity index (χ0n) is 8.67. The van der Waals surface area contributed by atoms with Crippen LogP contribution in [0.3, 0.4) is 0 Å². The Morgan fingerprint density at radius 1 is 1.00 bits per heavy atom. The van der Waals surface area contributed by atoms with Gasteiger partial charge < -0.3 is 0 Å². The molecule has 0 aromatic heterocycles. The first-order chi connectivity index (χ1) is 6.43. The zero-order chi connectivity index (χ0) is 9.10. The van der Waals surface area contributed by atoms with Crippen molar-refractivity contribution >= 4 is 0 Å². The summed E-state index contributed by atoms with van der Waals surface area (Å²) < 4.78 is 0. The molecule has 0 N–H and O–H groups in total. The summed E-state index contributed by atoms with van der Waals surface area (Å²) in [7, 11) is 0. The molecule has 2 aliphatic rings. The summed E-state index contributed by atoms with van der Waals surface area (Å²) in [5.41, 5.74) is 0. The summed E-state index contributed by atoms with van der Waals surface area (Å²) in [6.45, 7) is 3.81. The van der Waals surface area contributed by atoms with Gasteiger partial charge in [-0.05, 0) is 43.4 Å². The van der Waals surface area contributed by atoms with Crippen LogP contribution in [0.2, 0.25) is 0 Å². The van der Waals surface area contributed by atoms with E-state index in [1.54, 1.807) is 0 Å². The maximum atomic E-state index is 3.81. The van der Waals surface area contributed by atoms with Crippen molar-refractivity contribution in [1.82, 2.24) is 0 Å². The van der Waals surface area contributed by atoms with E-state index in [0.717, 1.165) is 17.8 Å². The lowest BCUT2D eigenvalue weighted by Gasteiger charge is -2.05. The Labute approximate surface area is 82.4 Å². The molecule has 0 radical (unpaired) electrons. The van der Waals surface area contributed by atoms with E-state index in [1.807, 2.05) is 0 Å². The van der Waals surface area contributed by atoms with E-state index < -0.39 is 0 Å². The molecule has 2 aliphatic carbocycles. The van der Waals surface area contributed by atoms with Crippen molar-refractivity contribution in [3.05, 3.63) is 12.7 Å². The van der Waals surface area contributed by atoms with Crippen molar-refractivity contribution < 1.29 is 0 Å². The highest BCUT2D eigenvalue weighted by molar-refractivity contribution is 4.97. The second-order valence-corrected chi connectivity index (χ2v) is 4.85. The molecule has 0 nitrogen and oxygen atoms in total. The second kappa shape index (κ2) is 4.30. The van der Waals surface area contributed by atoms with Crippen molar-refractivity contribution in [2.75, 3.05) is 0 Å². The number of rotatable bonds is 3. The molecule has 0 aromatic carbocycles. The van der Waals surface area contributed by atoms with Gasteiger partial charge in [0.15, 0.2) is 0 Å². The summed E-state index contributed by atoms with van der Waals surface area (Å²) in [4.78, 5) is 0. The third kappa shape index (κ3) is 2.15. The van der Waals surface area contributed by atoms with Gasteiger partial charge in [-0.3, -0.25) is 0 Å². The van der Waals surface area contributed by atoms with Gasteiger partial charge in [-0.2, -0.15) is 0 Å². The minimum Gasteiger partial charge on any atom is -0.103 e. The number of hydrogen-bond acceptors (Lipinski definition) is 0. The Morgan fingerprint density at radius 2 is 1.62 bits per heavy atom. The van der Waals surface area contributed by atoms with E-state index in [9.17, 15) is 0 Å². The van der Waals surface area contributed by atoms with Gasteiger partial charge in [-0.25, -0.2) is 0 Å². The predicted octanol–water partition coefficient (Wildman–Crippen LogP) is 4.17. The molecule has 2 saturated carbocycles. The third-order valence-electron chi connectivity index (χ3n) is 4.04. The number of hydrogen-bond donors (Lipinski definition) is 0. The highest BCUT2D eigenvalue weighted by Gasteiger charge is 2.47. The van der Waals surface area contributed by atoms with Crippen molar-refractivity contribution in [1.29, 1.82) is 0 Å². The topological polar surface area (TPSA) is 0 Å². The van der Waals surface area contributed by atoms with E-state index in [0.29, 0.717) is 0 Å². The van der Waals surface area contributed by atoms with Gasteiger partial charge in [0.05, 0.1) is 0 Å². The molecule has 0 aromatic rings. The highest BCUT2D eigenvalue weighted by Crippen LogP contribution is 2.55. The van der Waals surface area contributed by atoms with Crippen LogP contribution in [0.15, 0.2) is 12.7 Å². The van der Waals surface area contributed by atoms with E-state index in [2.05, 4.69) is 12.7 Å². The average Bonchev–Trinajstić information content (AvgIpc) is 2.72. The molecule has 2 unspecified atom stereocenters. The zero-order valence-corrected chi connectivity index (χ0v) is 8.67. The van der Waals surface area contributed by atoms with Gasteiger partial charge in [0.2, 0.25) is 0 Å². The van der Waals surface area contributed by atoms with E-state index >= 15 is 0 Å². The van der Waals surface area contributed by atoms with Gasteiger partial charge >= 0.3 is 0 Å². The first kappa shape index (κ1) is 9.30. The summed E-state index contributed by atoms with van der Waals surface area (Å²) in [5.74, 6) is 3.34. The van der Waals surface area contributed by atoms with Gasteiger partial charge in [0.25, 0.3) is 0 Å². The van der Waals surface area contributed by atoms with Crippen molar-refractivity contribution in [2.24, 2.45) is 17.8 Å². The first-order valence-electron chi connectivity index (χ1n) is 6.04. The largest absolute Gasteiger partial charge is 0.103 e. The molecule has 2 atom stereocenters. The Bertz CT molecular complexity index is 157. The summed E-state index contributed by atoms with van der Waals surface area (Å²) in [6, 6.07) is 0. The molecule has 13 heavy (non-hydrogen) atoms. The average molecular weight is 178 g/mol. The van der Waals surface area contributed by atoms with Crippen LogP contribution >= 0.6 is 0 Å². The predicted molar refractivity (Wildman–Crippen MR) is 57.6 cm³/mol. The lowest BCUT2D eigenvalue weighted by atomic mass is 10.0. The fourth-order valence-electron chi connectivity index (χ4n) is 3.23. The van der Waals surface area contributed by atoms with Gasteiger partial charge in [-0.15, -0.1) is 6.58 Å². The maximum absolute atomic E-state index is 3.81. The Hall–Kier alpha value is -0.260. The minimum absolute atomic E-state index is 1.09. The molecule has 2 fully saturated rings. The SMILES string of the molecule is C=CCCC1C2CCCCCCC12. The summed E-state index contributed by atoms with van der Waals surface area (Å²) in [6.07, 6.45) is 13.8. The van der Waals surface area contributed by atoms with Crippen LogP contribution in [0, 0.1) is 17.8 Å². The lowest BCUT2D eigenvalue weighted by molar-refractivity contribution is 0.485. The van der Waals surface area contributed by atoms with Crippen LogP contribution < -0.4 is 0 Å². The standard InChI is InChI=1S/C13H22/c1-2-3-8-11-12-9-6-4-5-7-10-13(11)12/h2,11-13H,1,3-10H2. The molecule has 0 saturated heterocycles. The minimum atomic E-state index is 1.09. The van der Waals surface area contributed by atoms with Crippen LogP contribution in [-0.4, -0.2) is 0 Å². The van der Waals surface area contributed by atoms with Crippen LogP contribution in [0.4, 0.5) is 0 Å². The van der Waals surface area contributed by atoms with Gasteiger partial charge in [0.1, 0.15) is 0 Å². The van der Waals surface area contributed by atoms with Crippen LogP contribution in [-0.2, 0) is 0 Å². The molecule has 0 heteroatoms. The summed E-state index contributed by atoms with van der Waals surface area (Å²) >= 11 is 0. The fraction of sp³-hybridized carbons (Fsp3) is 0.846. The molecule has 2 rings (SSSR count). The third-order valence-corrected chi connectivity index (χ3v) is 4.04. The smallest absolute Gasteiger partial charge is 0.0349 e. The Morgan fingerprint density at radius 3 is 2.15 bits per heavy atom. The van der Waals surface area contributed by atoms with Gasteiger partial charge in [0, 0.05) is 0 Å². The first-order valence-corrected chi connectivity index (χ1v) is 6.04. The van der Waals surface area contributed by atoms with Crippen LogP contribution in [0.1, 0.15) is 51.4 Å². The fourth-order valence-corrected chi connectivity index (χ4v) is 3.23. The maximum Gasteiger partial charge on any atom is -0.0349 e. The highest BCUT2D eigenvalue weighted by atomic mass is 14.5. The molecule has 0 heterocycles. The van der Waals surface area contributed by atoms with Crippen LogP contribution in [0.25, 0.3) is 0 Å². The molecule has 74 valence electrons. The van der Waals surface area contributed by atoms with Crippen molar-refractivity contribution in [3.63, 3.8) is 0 Å². The Kier molecular flexibility index (Phi) is 3.08. The molecular formula is C13H22. The molecule has 0 spiro atoms. The number of allylic oxidation sites excluding steroid dienone is 1. The molecule has 0 bridgehead atoms. The molecule has 0 aliphatic heterocycles. The van der Waals surface area contributed by atoms with E-state index in [1.165, 1.54) is 51.4 Å². The Balaban J connectivity index is 1.77. The van der Waals surface area contributed by atoms with Gasteiger partial charge in [-0.1, -0.05) is 31.8 Å². The van der Waals surface area contributed by atoms with E-state index in [4.69, 9.17) is 0 Å². The summed E-state index contributed by atoms with van der Waals surface area (Å²) in [5, 5.41) is 0. The lowest BCUT2D eigenvalue weighted by Crippen LogP contribution is -1.90. The number of fused-ring (bicyclic) bond motifs is 1. The van der Waals surface area contributed by atoms with Crippen molar-refractivity contribution in [2.45, 2.75) is 51.4 Å². The van der Waals surface area contributed by atoms with Crippen molar-refractivity contribution in [3.8, 4) is 0 Å². The monoisotopic (exact) mass is 178 g/mol. The van der Waals surface area contributed by atoms with Crippen LogP contribution in [0.5, 0.6) is 0 Å². The molecule has 0 amide bonds. The normalized spacial score (nSPS) is 38.6. The van der Waals surface area contributed by atoms with E-state index in [-0.39, 0.29) is 0 Å². The quantitative estimate of drug-likeness (QED) is 0.569.